The van der Waals surface area contributed by atoms with Crippen molar-refractivity contribution in [3.63, 3.8) is 0 Å². The quantitative estimate of drug-likeness (QED) is 0.826. The van der Waals surface area contributed by atoms with Crippen molar-refractivity contribution in [2.75, 3.05) is 7.05 Å². The van der Waals surface area contributed by atoms with Crippen molar-refractivity contribution >= 4 is 0 Å². The lowest BCUT2D eigenvalue weighted by atomic mass is 10.0. The van der Waals surface area contributed by atoms with Gasteiger partial charge in [-0.2, -0.15) is 5.26 Å². The molecule has 1 aromatic rings. The Labute approximate surface area is 97.0 Å². The predicted octanol–water partition coefficient (Wildman–Crippen LogP) is 2.65. The highest BCUT2D eigenvalue weighted by atomic mass is 16.5. The van der Waals surface area contributed by atoms with Crippen LogP contribution in [0, 0.1) is 11.3 Å². The molecule has 0 aliphatic rings. The topological polar surface area (TPSA) is 45.0 Å². The minimum Gasteiger partial charge on any atom is -0.476 e. The van der Waals surface area contributed by atoms with E-state index in [4.69, 9.17) is 10.00 Å². The molecule has 1 aromatic carbocycles. The number of nitriles is 1. The normalized spacial score (nSPS) is 13.9. The smallest absolute Gasteiger partial charge is 0.181 e. The fourth-order valence-electron chi connectivity index (χ4n) is 1.62. The van der Waals surface area contributed by atoms with Crippen LogP contribution < -0.4 is 10.1 Å². The lowest BCUT2D eigenvalue weighted by molar-refractivity contribution is 0.276. The molecule has 3 nitrogen and oxygen atoms in total. The molecule has 0 aromatic heterocycles. The molecule has 16 heavy (non-hydrogen) atoms. The Morgan fingerprint density at radius 2 is 2.00 bits per heavy atom. The molecule has 0 bridgehead atoms. The SMILES string of the molecule is CCC(NC)c1ccc(OC(C)C#N)cc1. The average Bonchev–Trinajstić information content (AvgIpc) is 2.32. The van der Waals surface area contributed by atoms with Gasteiger partial charge >= 0.3 is 0 Å². The van der Waals surface area contributed by atoms with Crippen molar-refractivity contribution in [1.82, 2.24) is 5.32 Å². The minimum atomic E-state index is -0.405. The summed E-state index contributed by atoms with van der Waals surface area (Å²) in [6, 6.07) is 10.3. The van der Waals surface area contributed by atoms with Crippen molar-refractivity contribution in [2.45, 2.75) is 32.4 Å². The third kappa shape index (κ3) is 3.25. The third-order valence-corrected chi connectivity index (χ3v) is 2.53. The largest absolute Gasteiger partial charge is 0.476 e. The second kappa shape index (κ2) is 6.14. The first kappa shape index (κ1) is 12.5. The van der Waals surface area contributed by atoms with E-state index < -0.39 is 6.10 Å². The second-order valence-corrected chi connectivity index (χ2v) is 3.71. The van der Waals surface area contributed by atoms with Crippen LogP contribution in [-0.4, -0.2) is 13.2 Å². The highest BCUT2D eigenvalue weighted by molar-refractivity contribution is 5.29. The van der Waals surface area contributed by atoms with Gasteiger partial charge in [0, 0.05) is 6.04 Å². The summed E-state index contributed by atoms with van der Waals surface area (Å²) in [6.45, 7) is 3.87. The summed E-state index contributed by atoms with van der Waals surface area (Å²) in [6.07, 6.45) is 0.641. The number of nitrogens with zero attached hydrogens (tertiary/aromatic N) is 1. The standard InChI is InChI=1S/C13H18N2O/c1-4-13(15-3)11-5-7-12(8-6-11)16-10(2)9-14/h5-8,10,13,15H,4H2,1-3H3. The molecule has 2 atom stereocenters. The van der Waals surface area contributed by atoms with E-state index in [2.05, 4.69) is 12.2 Å². The fourth-order valence-corrected chi connectivity index (χ4v) is 1.62. The van der Waals surface area contributed by atoms with Gasteiger partial charge in [0.1, 0.15) is 11.8 Å². The summed E-state index contributed by atoms with van der Waals surface area (Å²) in [4.78, 5) is 0. The van der Waals surface area contributed by atoms with E-state index in [1.807, 2.05) is 37.4 Å². The zero-order chi connectivity index (χ0) is 12.0. The van der Waals surface area contributed by atoms with Crippen LogP contribution in [0.25, 0.3) is 0 Å². The van der Waals surface area contributed by atoms with Crippen LogP contribution in [0.4, 0.5) is 0 Å². The summed E-state index contributed by atoms with van der Waals surface area (Å²) in [5, 5.41) is 11.9. The molecule has 0 saturated heterocycles. The molecule has 0 fully saturated rings. The van der Waals surface area contributed by atoms with E-state index in [9.17, 15) is 0 Å². The van der Waals surface area contributed by atoms with E-state index in [0.717, 1.165) is 12.2 Å². The maximum absolute atomic E-state index is 8.63. The Hall–Kier alpha value is -1.53. The van der Waals surface area contributed by atoms with Crippen LogP contribution in [0.5, 0.6) is 5.75 Å². The van der Waals surface area contributed by atoms with Gasteiger partial charge in [0.15, 0.2) is 6.10 Å². The Morgan fingerprint density at radius 3 is 2.44 bits per heavy atom. The lowest BCUT2D eigenvalue weighted by Gasteiger charge is -2.15. The van der Waals surface area contributed by atoms with E-state index >= 15 is 0 Å². The van der Waals surface area contributed by atoms with E-state index in [-0.39, 0.29) is 0 Å². The van der Waals surface area contributed by atoms with Gasteiger partial charge in [-0.05, 0) is 38.1 Å². The maximum atomic E-state index is 8.63. The minimum absolute atomic E-state index is 0.377. The Balaban J connectivity index is 2.71. The summed E-state index contributed by atoms with van der Waals surface area (Å²) in [5.41, 5.74) is 1.24. The second-order valence-electron chi connectivity index (χ2n) is 3.71. The van der Waals surface area contributed by atoms with E-state index in [1.54, 1.807) is 6.92 Å². The fraction of sp³-hybridized carbons (Fsp3) is 0.462. The van der Waals surface area contributed by atoms with Gasteiger partial charge < -0.3 is 10.1 Å². The molecule has 2 unspecified atom stereocenters. The average molecular weight is 218 g/mol. The number of ether oxygens (including phenoxy) is 1. The van der Waals surface area contributed by atoms with Gasteiger partial charge in [-0.3, -0.25) is 0 Å². The van der Waals surface area contributed by atoms with Crippen molar-refractivity contribution in [1.29, 1.82) is 5.26 Å². The summed E-state index contributed by atoms with van der Waals surface area (Å²) < 4.78 is 5.38. The van der Waals surface area contributed by atoms with Crippen LogP contribution >= 0.6 is 0 Å². The monoisotopic (exact) mass is 218 g/mol. The summed E-state index contributed by atoms with van der Waals surface area (Å²) >= 11 is 0. The molecule has 1 rings (SSSR count). The Morgan fingerprint density at radius 1 is 1.38 bits per heavy atom. The zero-order valence-electron chi connectivity index (χ0n) is 10.0. The van der Waals surface area contributed by atoms with Crippen LogP contribution in [0.15, 0.2) is 24.3 Å². The molecule has 86 valence electrons. The zero-order valence-corrected chi connectivity index (χ0v) is 10.0. The first-order chi connectivity index (χ1) is 7.71. The van der Waals surface area contributed by atoms with Gasteiger partial charge in [0.05, 0.1) is 0 Å². The molecule has 0 heterocycles. The van der Waals surface area contributed by atoms with Gasteiger partial charge in [0.2, 0.25) is 0 Å². The number of rotatable bonds is 5. The van der Waals surface area contributed by atoms with Crippen LogP contribution in [0.2, 0.25) is 0 Å². The van der Waals surface area contributed by atoms with Crippen molar-refractivity contribution in [3.8, 4) is 11.8 Å². The Bertz CT molecular complexity index is 349. The molecule has 0 radical (unpaired) electrons. The predicted molar refractivity (Wildman–Crippen MR) is 64.2 cm³/mol. The third-order valence-electron chi connectivity index (χ3n) is 2.53. The molecule has 0 aliphatic heterocycles. The highest BCUT2D eigenvalue weighted by Crippen LogP contribution is 2.20. The van der Waals surface area contributed by atoms with Crippen molar-refractivity contribution in [3.05, 3.63) is 29.8 Å². The molecular weight excluding hydrogens is 200 g/mol. The van der Waals surface area contributed by atoms with Crippen LogP contribution in [0.1, 0.15) is 31.9 Å². The van der Waals surface area contributed by atoms with Gasteiger partial charge in [-0.1, -0.05) is 19.1 Å². The van der Waals surface area contributed by atoms with Crippen molar-refractivity contribution < 1.29 is 4.74 Å². The number of nitrogens with one attached hydrogen (secondary N) is 1. The lowest BCUT2D eigenvalue weighted by Crippen LogP contribution is -2.15. The summed E-state index contributed by atoms with van der Waals surface area (Å²) in [7, 11) is 1.95. The van der Waals surface area contributed by atoms with E-state index in [0.29, 0.717) is 6.04 Å². The van der Waals surface area contributed by atoms with Crippen LogP contribution in [-0.2, 0) is 0 Å². The van der Waals surface area contributed by atoms with Gasteiger partial charge in [0.25, 0.3) is 0 Å². The van der Waals surface area contributed by atoms with Gasteiger partial charge in [-0.15, -0.1) is 0 Å². The first-order valence-corrected chi connectivity index (χ1v) is 5.54. The number of benzene rings is 1. The Kier molecular flexibility index (Phi) is 4.81. The number of hydrogen-bond acceptors (Lipinski definition) is 3. The molecule has 0 spiro atoms. The van der Waals surface area contributed by atoms with E-state index in [1.165, 1.54) is 5.56 Å². The van der Waals surface area contributed by atoms with Crippen molar-refractivity contribution in [2.24, 2.45) is 0 Å². The molecule has 0 aliphatic carbocycles. The van der Waals surface area contributed by atoms with Crippen LogP contribution in [0.3, 0.4) is 0 Å². The summed E-state index contributed by atoms with van der Waals surface area (Å²) in [5.74, 6) is 0.740. The first-order valence-electron chi connectivity index (χ1n) is 5.54. The molecular formula is C13H18N2O. The maximum Gasteiger partial charge on any atom is 0.181 e. The molecule has 0 saturated carbocycles. The van der Waals surface area contributed by atoms with Gasteiger partial charge in [-0.25, -0.2) is 0 Å². The molecule has 1 N–H and O–H groups in total. The number of hydrogen-bond donors (Lipinski definition) is 1. The molecule has 0 amide bonds. The molecule has 3 heteroatoms. The highest BCUT2D eigenvalue weighted by Gasteiger charge is 2.07.